The van der Waals surface area contributed by atoms with E-state index in [1.54, 1.807) is 13.0 Å². The Bertz CT molecular complexity index is 1650. The van der Waals surface area contributed by atoms with Crippen molar-refractivity contribution in [3.05, 3.63) is 52.8 Å². The second kappa shape index (κ2) is 14.8. The molecular formula is C32H40ClF3N8O5. The van der Waals surface area contributed by atoms with Crippen molar-refractivity contribution in [1.82, 2.24) is 25.1 Å². The molecule has 0 radical (unpaired) electrons. The zero-order valence-corrected chi connectivity index (χ0v) is 28.1. The van der Waals surface area contributed by atoms with Crippen LogP contribution in [0.5, 0.6) is 5.88 Å². The molecule has 2 unspecified atom stereocenters. The van der Waals surface area contributed by atoms with Gasteiger partial charge in [0.2, 0.25) is 17.9 Å². The number of nitrogens with two attached hydrogens (primary N) is 2. The predicted octanol–water partition coefficient (Wildman–Crippen LogP) is 3.91. The number of anilines is 2. The molecule has 2 aromatic heterocycles. The summed E-state index contributed by atoms with van der Waals surface area (Å²) in [5.41, 5.74) is 12.0. The van der Waals surface area contributed by atoms with E-state index in [4.69, 9.17) is 37.3 Å². The van der Waals surface area contributed by atoms with Crippen LogP contribution in [0.2, 0.25) is 5.02 Å². The Hall–Kier alpha value is -4.15. The minimum atomic E-state index is -4.83. The number of aromatic nitrogens is 4. The number of carbonyl (C=O) groups is 2. The number of rotatable bonds is 11. The molecule has 1 spiro atoms. The number of piperidine rings is 1. The summed E-state index contributed by atoms with van der Waals surface area (Å²) in [5, 5.41) is 7.72. The van der Waals surface area contributed by atoms with Gasteiger partial charge in [-0.2, -0.15) is 28.2 Å². The monoisotopic (exact) mass is 708 g/mol. The minimum Gasteiger partial charge on any atom is -0.461 e. The first-order valence-electron chi connectivity index (χ1n) is 15.9. The highest BCUT2D eigenvalue weighted by molar-refractivity contribution is 6.30. The number of hydrogen-bond donors (Lipinski definition) is 3. The summed E-state index contributed by atoms with van der Waals surface area (Å²) in [5.74, 6) is -1.31. The van der Waals surface area contributed by atoms with Gasteiger partial charge in [-0.1, -0.05) is 31.5 Å². The highest BCUT2D eigenvalue weighted by atomic mass is 35.5. The van der Waals surface area contributed by atoms with E-state index < -0.39 is 36.3 Å². The smallest absolute Gasteiger partial charge is 0.429 e. The van der Waals surface area contributed by atoms with Crippen molar-refractivity contribution in [2.45, 2.75) is 64.4 Å². The first-order chi connectivity index (χ1) is 23.1. The second-order valence-corrected chi connectivity index (χ2v) is 13.2. The van der Waals surface area contributed by atoms with Gasteiger partial charge in [-0.3, -0.25) is 9.59 Å². The molecule has 0 amide bonds. The molecule has 17 heteroatoms. The van der Waals surface area contributed by atoms with Crippen LogP contribution in [0.15, 0.2) is 36.5 Å². The number of ether oxygens (including phenoxy) is 3. The standard InChI is InChI=1S/C32H40ClF3N8O5/c1-18(2)26(37)29(46)48-13-12-47-28(45)22-16-31(17-39-22)7-10-43(11-8-31)24-15-25(41-30(38)40-24)49-27(32(34,35)36)21-5-4-20(33)14-23(21)44-9-6-19(3)42-44/h4-6,9,14-15,18,22,26-27,39H,7-8,10-13,16-17,37H2,1-3H3,(H2,38,40,41)/t22?,26?,27-/m1/s1. The van der Waals surface area contributed by atoms with Crippen molar-refractivity contribution in [3.8, 4) is 11.6 Å². The summed E-state index contributed by atoms with van der Waals surface area (Å²) in [6, 6.07) is 5.73. The van der Waals surface area contributed by atoms with Gasteiger partial charge in [0.25, 0.3) is 0 Å². The van der Waals surface area contributed by atoms with Gasteiger partial charge in [-0.05, 0) is 55.7 Å². The fourth-order valence-electron chi connectivity index (χ4n) is 5.99. The van der Waals surface area contributed by atoms with Crippen molar-refractivity contribution in [2.75, 3.05) is 43.5 Å². The molecule has 5 N–H and O–H groups in total. The molecule has 5 rings (SSSR count). The number of nitrogen functional groups attached to an aromatic ring is 1. The third-order valence-electron chi connectivity index (χ3n) is 8.84. The molecule has 2 aliphatic heterocycles. The second-order valence-electron chi connectivity index (χ2n) is 12.8. The van der Waals surface area contributed by atoms with Gasteiger partial charge in [0.15, 0.2) is 0 Å². The molecule has 2 aliphatic rings. The number of esters is 2. The SMILES string of the molecule is Cc1ccn(-c2cc(Cl)ccc2[C@@H](Oc2cc(N3CCC4(CC3)CNC(C(=O)OCCOC(=O)C(N)C(C)C)C4)nc(N)n2)C(F)(F)F)n1. The van der Waals surface area contributed by atoms with E-state index >= 15 is 0 Å². The summed E-state index contributed by atoms with van der Waals surface area (Å²) in [6.07, 6.45) is -3.81. The van der Waals surface area contributed by atoms with Crippen LogP contribution < -0.4 is 26.4 Å². The van der Waals surface area contributed by atoms with Crippen molar-refractivity contribution < 1.29 is 37.0 Å². The van der Waals surface area contributed by atoms with E-state index in [0.29, 0.717) is 50.4 Å². The molecule has 3 aromatic rings. The van der Waals surface area contributed by atoms with E-state index in [-0.39, 0.29) is 52.6 Å². The van der Waals surface area contributed by atoms with E-state index in [1.165, 1.54) is 35.1 Å². The van der Waals surface area contributed by atoms with Crippen LogP contribution in [0.25, 0.3) is 5.69 Å². The maximum Gasteiger partial charge on any atom is 0.429 e. The Morgan fingerprint density at radius 2 is 1.84 bits per heavy atom. The lowest BCUT2D eigenvalue weighted by Crippen LogP contribution is -2.41. The fraction of sp³-hybridized carbons (Fsp3) is 0.531. The Kier molecular flexibility index (Phi) is 10.9. The maximum atomic E-state index is 14.5. The van der Waals surface area contributed by atoms with E-state index in [9.17, 15) is 22.8 Å². The predicted molar refractivity (Wildman–Crippen MR) is 174 cm³/mol. The third kappa shape index (κ3) is 8.72. The molecule has 3 atom stereocenters. The summed E-state index contributed by atoms with van der Waals surface area (Å²) in [6.45, 7) is 6.78. The third-order valence-corrected chi connectivity index (χ3v) is 9.08. The van der Waals surface area contributed by atoms with Gasteiger partial charge in [0, 0.05) is 42.5 Å². The highest BCUT2D eigenvalue weighted by Crippen LogP contribution is 2.42. The Morgan fingerprint density at radius 1 is 1.12 bits per heavy atom. The lowest BCUT2D eigenvalue weighted by atomic mass is 9.76. The summed E-state index contributed by atoms with van der Waals surface area (Å²) >= 11 is 6.15. The van der Waals surface area contributed by atoms with Gasteiger partial charge in [0.1, 0.15) is 31.1 Å². The van der Waals surface area contributed by atoms with Gasteiger partial charge >= 0.3 is 18.1 Å². The highest BCUT2D eigenvalue weighted by Gasteiger charge is 2.46. The molecule has 4 heterocycles. The zero-order chi connectivity index (χ0) is 35.5. The van der Waals surface area contributed by atoms with Gasteiger partial charge < -0.3 is 35.9 Å². The Balaban J connectivity index is 1.21. The van der Waals surface area contributed by atoms with E-state index in [0.717, 1.165) is 0 Å². The van der Waals surface area contributed by atoms with Crippen LogP contribution >= 0.6 is 11.6 Å². The number of halogens is 4. The molecule has 0 bridgehead atoms. The van der Waals surface area contributed by atoms with Crippen LogP contribution in [0.1, 0.15) is 50.5 Å². The summed E-state index contributed by atoms with van der Waals surface area (Å²) in [7, 11) is 0. The van der Waals surface area contributed by atoms with Crippen LogP contribution in [-0.2, 0) is 19.1 Å². The molecule has 49 heavy (non-hydrogen) atoms. The number of carbonyl (C=O) groups excluding carboxylic acids is 2. The maximum absolute atomic E-state index is 14.5. The lowest BCUT2D eigenvalue weighted by Gasteiger charge is -2.39. The first-order valence-corrected chi connectivity index (χ1v) is 16.3. The normalized spacial score (nSPS) is 18.8. The first kappa shape index (κ1) is 36.1. The van der Waals surface area contributed by atoms with Crippen LogP contribution in [0.4, 0.5) is 24.9 Å². The zero-order valence-electron chi connectivity index (χ0n) is 27.4. The van der Waals surface area contributed by atoms with E-state index in [1.807, 2.05) is 18.7 Å². The van der Waals surface area contributed by atoms with Crippen LogP contribution in [0, 0.1) is 18.3 Å². The van der Waals surface area contributed by atoms with Gasteiger partial charge in [-0.15, -0.1) is 0 Å². The number of benzene rings is 1. The van der Waals surface area contributed by atoms with Gasteiger partial charge in [0.05, 0.1) is 11.4 Å². The quantitative estimate of drug-likeness (QED) is 0.194. The van der Waals surface area contributed by atoms with Crippen molar-refractivity contribution in [2.24, 2.45) is 17.1 Å². The van der Waals surface area contributed by atoms with Crippen LogP contribution in [0.3, 0.4) is 0 Å². The van der Waals surface area contributed by atoms with Crippen molar-refractivity contribution >= 4 is 35.3 Å². The van der Waals surface area contributed by atoms with Crippen LogP contribution in [-0.4, -0.2) is 82.8 Å². The molecule has 2 saturated heterocycles. The number of nitrogens with zero attached hydrogens (tertiary/aromatic N) is 5. The molecule has 13 nitrogen and oxygen atoms in total. The number of alkyl halides is 3. The summed E-state index contributed by atoms with van der Waals surface area (Å²) < 4.78 is 60.9. The largest absolute Gasteiger partial charge is 0.461 e. The van der Waals surface area contributed by atoms with Crippen molar-refractivity contribution in [1.29, 1.82) is 0 Å². The van der Waals surface area contributed by atoms with Crippen molar-refractivity contribution in [3.63, 3.8) is 0 Å². The summed E-state index contributed by atoms with van der Waals surface area (Å²) in [4.78, 5) is 34.7. The molecule has 2 fully saturated rings. The number of nitrogens with one attached hydrogen (secondary N) is 1. The molecule has 1 aromatic carbocycles. The Morgan fingerprint density at radius 3 is 2.49 bits per heavy atom. The molecule has 266 valence electrons. The van der Waals surface area contributed by atoms with Gasteiger partial charge in [-0.25, -0.2) is 4.68 Å². The average molecular weight is 709 g/mol. The number of hydrogen-bond acceptors (Lipinski definition) is 12. The molecular weight excluding hydrogens is 669 g/mol. The minimum absolute atomic E-state index is 0.0733. The number of aryl methyl sites for hydroxylation is 1. The molecule has 0 saturated carbocycles. The van der Waals surface area contributed by atoms with E-state index in [2.05, 4.69) is 20.4 Å². The average Bonchev–Trinajstić information content (AvgIpc) is 3.67. The molecule has 0 aliphatic carbocycles. The Labute approximate surface area is 286 Å². The lowest BCUT2D eigenvalue weighted by molar-refractivity contribution is -0.198. The fourth-order valence-corrected chi connectivity index (χ4v) is 6.16. The topological polar surface area (TPSA) is 173 Å².